The second-order valence-electron chi connectivity index (χ2n) is 9.00. The number of aromatic nitrogens is 2. The van der Waals surface area contributed by atoms with Gasteiger partial charge in [0.15, 0.2) is 17.3 Å². The maximum Gasteiger partial charge on any atom is 0.188 e. The zero-order chi connectivity index (χ0) is 22.2. The highest BCUT2D eigenvalue weighted by atomic mass is 35.5. The largest absolute Gasteiger partial charge is 0.392 e. The maximum absolute atomic E-state index is 10.6. The van der Waals surface area contributed by atoms with Crippen molar-refractivity contribution in [2.24, 2.45) is 11.8 Å². The second-order valence-corrected chi connectivity index (χ2v) is 9.40. The van der Waals surface area contributed by atoms with Gasteiger partial charge in [0, 0.05) is 47.3 Å². The lowest BCUT2D eigenvalue weighted by atomic mass is 9.75. The zero-order valence-corrected chi connectivity index (χ0v) is 18.8. The standard InChI is InChI=1S/C25H26ClN5O/c1-15-6-7-16(10-22(15)26)12-28-24-21-11-19(27-2)8-9-20(21)25(30-29-24)31-13-17-4-3-5-18(14-31)23(17)32/h6-11,17-18,23,32H,3-5,12-14H2,1H3,(H,28,29). The summed E-state index contributed by atoms with van der Waals surface area (Å²) in [6.07, 6.45) is 3.09. The summed E-state index contributed by atoms with van der Waals surface area (Å²) in [4.78, 5) is 5.89. The van der Waals surface area contributed by atoms with Crippen LogP contribution in [0.25, 0.3) is 15.6 Å². The molecule has 2 heterocycles. The first kappa shape index (κ1) is 21.0. The van der Waals surface area contributed by atoms with E-state index in [9.17, 15) is 5.11 Å². The van der Waals surface area contributed by atoms with Crippen LogP contribution in [0.1, 0.15) is 30.4 Å². The summed E-state index contributed by atoms with van der Waals surface area (Å²) in [6.45, 7) is 11.6. The first-order chi connectivity index (χ1) is 15.5. The van der Waals surface area contributed by atoms with Crippen molar-refractivity contribution in [3.8, 4) is 0 Å². The van der Waals surface area contributed by atoms with Crippen LogP contribution in [-0.2, 0) is 6.54 Å². The van der Waals surface area contributed by atoms with Crippen LogP contribution < -0.4 is 10.2 Å². The number of hydrogen-bond acceptors (Lipinski definition) is 5. The smallest absolute Gasteiger partial charge is 0.188 e. The molecule has 7 heteroatoms. The fourth-order valence-electron chi connectivity index (χ4n) is 5.07. The molecule has 2 unspecified atom stereocenters. The number of aliphatic hydroxyl groups is 1. The summed E-state index contributed by atoms with van der Waals surface area (Å²) < 4.78 is 0. The van der Waals surface area contributed by atoms with Crippen LogP contribution in [-0.4, -0.2) is 34.5 Å². The molecule has 1 saturated heterocycles. The van der Waals surface area contributed by atoms with Crippen LogP contribution in [0.5, 0.6) is 0 Å². The highest BCUT2D eigenvalue weighted by molar-refractivity contribution is 6.31. The Hall–Kier alpha value is -2.88. The van der Waals surface area contributed by atoms with Gasteiger partial charge in [-0.1, -0.05) is 42.3 Å². The molecule has 0 spiro atoms. The van der Waals surface area contributed by atoms with Crippen molar-refractivity contribution in [1.82, 2.24) is 10.2 Å². The topological polar surface area (TPSA) is 65.6 Å². The lowest BCUT2D eigenvalue weighted by Crippen LogP contribution is -2.51. The summed E-state index contributed by atoms with van der Waals surface area (Å²) in [5.74, 6) is 2.06. The number of nitrogens with one attached hydrogen (secondary N) is 1. The molecule has 1 saturated carbocycles. The molecule has 2 aliphatic rings. The Morgan fingerprint density at radius 3 is 2.62 bits per heavy atom. The summed E-state index contributed by atoms with van der Waals surface area (Å²) in [5, 5.41) is 25.7. The minimum atomic E-state index is -0.213. The van der Waals surface area contributed by atoms with E-state index in [4.69, 9.17) is 18.2 Å². The highest BCUT2D eigenvalue weighted by Gasteiger charge is 2.39. The molecule has 0 amide bonds. The number of benzene rings is 2. The molecular formula is C25H26ClN5O. The molecule has 6 nitrogen and oxygen atoms in total. The van der Waals surface area contributed by atoms with Crippen molar-refractivity contribution >= 4 is 39.7 Å². The molecule has 2 N–H and O–H groups in total. The normalized spacial score (nSPS) is 22.6. The third kappa shape index (κ3) is 3.87. The number of aliphatic hydroxyl groups excluding tert-OH is 1. The van der Waals surface area contributed by atoms with Gasteiger partial charge in [0.1, 0.15) is 0 Å². The van der Waals surface area contributed by atoms with Crippen molar-refractivity contribution in [2.45, 2.75) is 38.8 Å². The van der Waals surface area contributed by atoms with Gasteiger partial charge in [0.05, 0.1) is 12.7 Å². The van der Waals surface area contributed by atoms with Gasteiger partial charge in [0.25, 0.3) is 0 Å². The molecule has 32 heavy (non-hydrogen) atoms. The van der Waals surface area contributed by atoms with Gasteiger partial charge in [-0.3, -0.25) is 0 Å². The van der Waals surface area contributed by atoms with Crippen molar-refractivity contribution in [2.75, 3.05) is 23.3 Å². The Labute approximate surface area is 193 Å². The molecule has 3 aromatic rings. The molecule has 2 bridgehead atoms. The van der Waals surface area contributed by atoms with Crippen LogP contribution in [0.2, 0.25) is 5.02 Å². The molecule has 2 aromatic carbocycles. The van der Waals surface area contributed by atoms with E-state index >= 15 is 0 Å². The Bertz CT molecular complexity index is 1190. The maximum atomic E-state index is 10.6. The van der Waals surface area contributed by atoms with Gasteiger partial charge in [-0.2, -0.15) is 0 Å². The van der Waals surface area contributed by atoms with E-state index in [1.807, 2.05) is 43.3 Å². The van der Waals surface area contributed by atoms with Crippen molar-refractivity contribution in [3.05, 3.63) is 64.0 Å². The van der Waals surface area contributed by atoms with E-state index in [1.165, 1.54) is 6.42 Å². The number of hydrogen-bond donors (Lipinski definition) is 2. The van der Waals surface area contributed by atoms with E-state index in [0.717, 1.165) is 58.7 Å². The number of fused-ring (bicyclic) bond motifs is 3. The minimum absolute atomic E-state index is 0.213. The van der Waals surface area contributed by atoms with Crippen LogP contribution in [0.4, 0.5) is 17.3 Å². The lowest BCUT2D eigenvalue weighted by Gasteiger charge is -2.45. The number of aryl methyl sites for hydroxylation is 1. The molecular weight excluding hydrogens is 422 g/mol. The molecule has 1 aliphatic carbocycles. The van der Waals surface area contributed by atoms with Gasteiger partial charge < -0.3 is 15.3 Å². The number of piperidine rings is 1. The molecule has 1 aliphatic heterocycles. The Morgan fingerprint density at radius 2 is 1.91 bits per heavy atom. The third-order valence-electron chi connectivity index (χ3n) is 6.89. The quantitative estimate of drug-likeness (QED) is 0.527. The van der Waals surface area contributed by atoms with Gasteiger partial charge in [-0.25, -0.2) is 4.85 Å². The van der Waals surface area contributed by atoms with Gasteiger partial charge >= 0.3 is 0 Å². The van der Waals surface area contributed by atoms with Crippen molar-refractivity contribution in [3.63, 3.8) is 0 Å². The van der Waals surface area contributed by atoms with Gasteiger partial charge in [-0.15, -0.1) is 10.2 Å². The predicted octanol–water partition coefficient (Wildman–Crippen LogP) is 5.35. The van der Waals surface area contributed by atoms with Crippen LogP contribution in [0.3, 0.4) is 0 Å². The first-order valence-corrected chi connectivity index (χ1v) is 11.5. The summed E-state index contributed by atoms with van der Waals surface area (Å²) in [7, 11) is 0. The number of nitrogens with zero attached hydrogens (tertiary/aromatic N) is 4. The van der Waals surface area contributed by atoms with Crippen LogP contribution in [0.15, 0.2) is 36.4 Å². The average molecular weight is 448 g/mol. The predicted molar refractivity (Wildman–Crippen MR) is 128 cm³/mol. The summed E-state index contributed by atoms with van der Waals surface area (Å²) in [5.41, 5.74) is 2.67. The number of rotatable bonds is 4. The molecule has 0 radical (unpaired) electrons. The third-order valence-corrected chi connectivity index (χ3v) is 7.30. The first-order valence-electron chi connectivity index (χ1n) is 11.1. The Kier molecular flexibility index (Phi) is 5.62. The fourth-order valence-corrected chi connectivity index (χ4v) is 5.28. The molecule has 2 atom stereocenters. The van der Waals surface area contributed by atoms with Crippen LogP contribution in [0, 0.1) is 25.3 Å². The fraction of sp³-hybridized carbons (Fsp3) is 0.400. The van der Waals surface area contributed by atoms with E-state index in [2.05, 4.69) is 25.3 Å². The molecule has 164 valence electrons. The molecule has 2 fully saturated rings. The lowest BCUT2D eigenvalue weighted by molar-refractivity contribution is 0.00583. The Morgan fingerprint density at radius 1 is 1.12 bits per heavy atom. The summed E-state index contributed by atoms with van der Waals surface area (Å²) >= 11 is 6.28. The van der Waals surface area contributed by atoms with E-state index in [-0.39, 0.29) is 17.9 Å². The Balaban J connectivity index is 1.48. The molecule has 1 aromatic heterocycles. The molecule has 5 rings (SSSR count). The van der Waals surface area contributed by atoms with E-state index in [0.29, 0.717) is 18.1 Å². The average Bonchev–Trinajstić information content (AvgIpc) is 2.79. The monoisotopic (exact) mass is 447 g/mol. The van der Waals surface area contributed by atoms with E-state index in [1.54, 1.807) is 0 Å². The van der Waals surface area contributed by atoms with E-state index < -0.39 is 0 Å². The summed E-state index contributed by atoms with van der Waals surface area (Å²) in [6, 6.07) is 11.7. The number of anilines is 2. The van der Waals surface area contributed by atoms with Crippen molar-refractivity contribution < 1.29 is 5.11 Å². The number of halogens is 1. The zero-order valence-electron chi connectivity index (χ0n) is 18.1. The van der Waals surface area contributed by atoms with Crippen LogP contribution >= 0.6 is 11.6 Å². The highest BCUT2D eigenvalue weighted by Crippen LogP contribution is 2.39. The second kappa shape index (κ2) is 8.57. The van der Waals surface area contributed by atoms with Gasteiger partial charge in [0.2, 0.25) is 0 Å². The SMILES string of the molecule is [C-]#[N+]c1ccc2c(N3CC4CCCC(C3)C4O)nnc(NCc3ccc(C)c(Cl)c3)c2c1. The minimum Gasteiger partial charge on any atom is -0.392 e. The van der Waals surface area contributed by atoms with Crippen molar-refractivity contribution in [1.29, 1.82) is 0 Å². The van der Waals surface area contributed by atoms with Gasteiger partial charge in [-0.05, 0) is 43.0 Å².